The van der Waals surface area contributed by atoms with E-state index in [9.17, 15) is 5.11 Å². The van der Waals surface area contributed by atoms with E-state index in [0.29, 0.717) is 5.92 Å². The van der Waals surface area contributed by atoms with Crippen molar-refractivity contribution in [2.45, 2.75) is 40.2 Å². The Morgan fingerprint density at radius 3 is 2.22 bits per heavy atom. The molecular weight excluding hydrogens is 222 g/mol. The average Bonchev–Trinajstić information content (AvgIpc) is 2.38. The van der Waals surface area contributed by atoms with E-state index < -0.39 is 0 Å². The largest absolute Gasteiger partial charge is 0.387 e. The molecule has 2 atom stereocenters. The summed E-state index contributed by atoms with van der Waals surface area (Å²) < 4.78 is 0. The highest BCUT2D eigenvalue weighted by Crippen LogP contribution is 2.16. The summed E-state index contributed by atoms with van der Waals surface area (Å²) in [5.41, 5.74) is 2.25. The first-order valence-corrected chi connectivity index (χ1v) is 7.03. The monoisotopic (exact) mass is 249 g/mol. The van der Waals surface area contributed by atoms with E-state index in [1.165, 1.54) is 12.0 Å². The average molecular weight is 249 g/mol. The molecule has 0 saturated carbocycles. The van der Waals surface area contributed by atoms with Gasteiger partial charge in [0.1, 0.15) is 0 Å². The number of rotatable bonds is 7. The molecule has 0 aliphatic carbocycles. The molecule has 0 bridgehead atoms. The minimum Gasteiger partial charge on any atom is -0.387 e. The summed E-state index contributed by atoms with van der Waals surface area (Å²) in [5, 5.41) is 10.3. The van der Waals surface area contributed by atoms with Crippen LogP contribution < -0.4 is 0 Å². The summed E-state index contributed by atoms with van der Waals surface area (Å²) in [4.78, 5) is 2.33. The molecule has 0 heterocycles. The zero-order valence-corrected chi connectivity index (χ0v) is 12.2. The molecule has 18 heavy (non-hydrogen) atoms. The van der Waals surface area contributed by atoms with Crippen molar-refractivity contribution >= 4 is 0 Å². The lowest BCUT2D eigenvalue weighted by molar-refractivity contribution is 0.107. The molecule has 0 aromatic heterocycles. The Labute approximate surface area is 112 Å². The third-order valence-corrected chi connectivity index (χ3v) is 3.61. The zero-order valence-electron chi connectivity index (χ0n) is 12.2. The maximum absolute atomic E-state index is 10.3. The van der Waals surface area contributed by atoms with Crippen molar-refractivity contribution in [3.05, 3.63) is 35.4 Å². The topological polar surface area (TPSA) is 23.5 Å². The van der Waals surface area contributed by atoms with Crippen LogP contribution in [0.1, 0.15) is 44.4 Å². The number of hydrogen-bond donors (Lipinski definition) is 1. The number of aliphatic hydroxyl groups is 1. The zero-order chi connectivity index (χ0) is 13.5. The lowest BCUT2D eigenvalue weighted by Crippen LogP contribution is -2.32. The fourth-order valence-corrected chi connectivity index (χ4v) is 2.04. The molecule has 0 radical (unpaired) electrons. The number of aliphatic hydroxyl groups excluding tert-OH is 1. The van der Waals surface area contributed by atoms with Crippen LogP contribution in [-0.2, 0) is 0 Å². The highest BCUT2D eigenvalue weighted by atomic mass is 16.3. The first-order valence-electron chi connectivity index (χ1n) is 7.03. The van der Waals surface area contributed by atoms with Crippen molar-refractivity contribution in [3.63, 3.8) is 0 Å². The normalized spacial score (nSPS) is 14.8. The van der Waals surface area contributed by atoms with Crippen molar-refractivity contribution in [3.8, 4) is 0 Å². The van der Waals surface area contributed by atoms with Crippen LogP contribution in [0.4, 0.5) is 0 Å². The van der Waals surface area contributed by atoms with E-state index in [4.69, 9.17) is 0 Å². The number of benzene rings is 1. The Kier molecular flexibility index (Phi) is 6.37. The number of hydrogen-bond acceptors (Lipinski definition) is 2. The SMILES string of the molecule is CCC(C)CN(CC)CC(O)c1ccc(C)cc1. The van der Waals surface area contributed by atoms with Crippen LogP contribution >= 0.6 is 0 Å². The summed E-state index contributed by atoms with van der Waals surface area (Å²) in [6.45, 7) is 11.5. The smallest absolute Gasteiger partial charge is 0.0916 e. The maximum atomic E-state index is 10.3. The summed E-state index contributed by atoms with van der Waals surface area (Å²) >= 11 is 0. The van der Waals surface area contributed by atoms with Gasteiger partial charge in [-0.15, -0.1) is 0 Å². The van der Waals surface area contributed by atoms with Gasteiger partial charge in [-0.3, -0.25) is 0 Å². The fraction of sp³-hybridized carbons (Fsp3) is 0.625. The molecular formula is C16H27NO. The molecule has 0 saturated heterocycles. The molecule has 0 aliphatic heterocycles. The fourth-order valence-electron chi connectivity index (χ4n) is 2.04. The molecule has 1 rings (SSSR count). The van der Waals surface area contributed by atoms with Gasteiger partial charge >= 0.3 is 0 Å². The molecule has 0 aliphatic rings. The minimum atomic E-state index is -0.380. The second-order valence-electron chi connectivity index (χ2n) is 5.29. The van der Waals surface area contributed by atoms with Crippen LogP contribution in [-0.4, -0.2) is 29.6 Å². The van der Waals surface area contributed by atoms with Crippen molar-refractivity contribution in [2.24, 2.45) is 5.92 Å². The molecule has 102 valence electrons. The van der Waals surface area contributed by atoms with Gasteiger partial charge in [-0.1, -0.05) is 57.0 Å². The Morgan fingerprint density at radius 2 is 1.72 bits per heavy atom. The molecule has 0 fully saturated rings. The molecule has 1 aromatic carbocycles. The molecule has 2 unspecified atom stereocenters. The summed E-state index contributed by atoms with van der Waals surface area (Å²) in [5.74, 6) is 0.690. The molecule has 2 heteroatoms. The quantitative estimate of drug-likeness (QED) is 0.800. The molecule has 1 aromatic rings. The number of nitrogens with zero attached hydrogens (tertiary/aromatic N) is 1. The van der Waals surface area contributed by atoms with E-state index in [1.807, 2.05) is 12.1 Å². The predicted octanol–water partition coefficient (Wildman–Crippen LogP) is 3.40. The van der Waals surface area contributed by atoms with Gasteiger partial charge in [0.15, 0.2) is 0 Å². The summed E-state index contributed by atoms with van der Waals surface area (Å²) in [6.07, 6.45) is 0.812. The first-order chi connectivity index (χ1) is 8.56. The van der Waals surface area contributed by atoms with E-state index in [1.54, 1.807) is 0 Å². The summed E-state index contributed by atoms with van der Waals surface area (Å²) in [6, 6.07) is 8.17. The van der Waals surface area contributed by atoms with E-state index >= 15 is 0 Å². The molecule has 0 amide bonds. The van der Waals surface area contributed by atoms with Crippen LogP contribution in [0.25, 0.3) is 0 Å². The van der Waals surface area contributed by atoms with Gasteiger partial charge < -0.3 is 10.0 Å². The lowest BCUT2D eigenvalue weighted by Gasteiger charge is -2.26. The van der Waals surface area contributed by atoms with Gasteiger partial charge in [-0.05, 0) is 24.9 Å². The minimum absolute atomic E-state index is 0.380. The van der Waals surface area contributed by atoms with Crippen LogP contribution in [0, 0.1) is 12.8 Å². The van der Waals surface area contributed by atoms with E-state index in [2.05, 4.69) is 44.7 Å². The van der Waals surface area contributed by atoms with Gasteiger partial charge in [0.2, 0.25) is 0 Å². The van der Waals surface area contributed by atoms with Gasteiger partial charge in [0.25, 0.3) is 0 Å². The first kappa shape index (κ1) is 15.2. The molecule has 1 N–H and O–H groups in total. The van der Waals surface area contributed by atoms with Crippen LogP contribution in [0.2, 0.25) is 0 Å². The van der Waals surface area contributed by atoms with E-state index in [-0.39, 0.29) is 6.10 Å². The Balaban J connectivity index is 2.56. The standard InChI is InChI=1S/C16H27NO/c1-5-13(3)11-17(6-2)12-16(18)15-9-7-14(4)8-10-15/h7-10,13,16,18H,5-6,11-12H2,1-4H3. The number of likely N-dealkylation sites (N-methyl/N-ethyl adjacent to an activating group) is 1. The Morgan fingerprint density at radius 1 is 1.11 bits per heavy atom. The van der Waals surface area contributed by atoms with Crippen molar-refractivity contribution in [2.75, 3.05) is 19.6 Å². The van der Waals surface area contributed by atoms with Crippen molar-refractivity contribution in [1.82, 2.24) is 4.90 Å². The van der Waals surface area contributed by atoms with E-state index in [0.717, 1.165) is 25.2 Å². The maximum Gasteiger partial charge on any atom is 0.0916 e. The van der Waals surface area contributed by atoms with Crippen molar-refractivity contribution in [1.29, 1.82) is 0 Å². The third kappa shape index (κ3) is 4.79. The number of aryl methyl sites for hydroxylation is 1. The highest BCUT2D eigenvalue weighted by Gasteiger charge is 2.14. The van der Waals surface area contributed by atoms with Crippen LogP contribution in [0.15, 0.2) is 24.3 Å². The highest BCUT2D eigenvalue weighted by molar-refractivity contribution is 5.23. The Hall–Kier alpha value is -0.860. The van der Waals surface area contributed by atoms with Gasteiger partial charge in [0.05, 0.1) is 6.10 Å². The lowest BCUT2D eigenvalue weighted by atomic mass is 10.1. The second kappa shape index (κ2) is 7.55. The third-order valence-electron chi connectivity index (χ3n) is 3.61. The van der Waals surface area contributed by atoms with Gasteiger partial charge in [-0.25, -0.2) is 0 Å². The molecule has 0 spiro atoms. The van der Waals surface area contributed by atoms with Crippen LogP contribution in [0.3, 0.4) is 0 Å². The summed E-state index contributed by atoms with van der Waals surface area (Å²) in [7, 11) is 0. The van der Waals surface area contributed by atoms with Gasteiger partial charge in [0, 0.05) is 13.1 Å². The van der Waals surface area contributed by atoms with Crippen LogP contribution in [0.5, 0.6) is 0 Å². The second-order valence-corrected chi connectivity index (χ2v) is 5.29. The predicted molar refractivity (Wildman–Crippen MR) is 77.7 cm³/mol. The van der Waals surface area contributed by atoms with Gasteiger partial charge in [-0.2, -0.15) is 0 Å². The molecule has 2 nitrogen and oxygen atoms in total. The Bertz CT molecular complexity index is 333. The van der Waals surface area contributed by atoms with Crippen molar-refractivity contribution < 1.29 is 5.11 Å².